The third kappa shape index (κ3) is 2.78. The van der Waals surface area contributed by atoms with Crippen molar-refractivity contribution < 1.29 is 10.2 Å². The van der Waals surface area contributed by atoms with Crippen LogP contribution in [-0.2, 0) is 0 Å². The van der Waals surface area contributed by atoms with Gasteiger partial charge in [-0.25, -0.2) is 0 Å². The highest BCUT2D eigenvalue weighted by Crippen LogP contribution is 2.43. The Kier molecular flexibility index (Phi) is 4.17. The van der Waals surface area contributed by atoms with Gasteiger partial charge < -0.3 is 20.1 Å². The molecule has 2 heterocycles. The van der Waals surface area contributed by atoms with E-state index in [9.17, 15) is 15.0 Å². The molecule has 2 aromatic heterocycles. The second kappa shape index (κ2) is 6.40. The van der Waals surface area contributed by atoms with Gasteiger partial charge in [0.25, 0.3) is 5.56 Å². The van der Waals surface area contributed by atoms with Crippen LogP contribution in [0.5, 0.6) is 11.5 Å². The van der Waals surface area contributed by atoms with E-state index in [-0.39, 0.29) is 23.1 Å². The van der Waals surface area contributed by atoms with E-state index in [0.29, 0.717) is 21.2 Å². The summed E-state index contributed by atoms with van der Waals surface area (Å²) in [4.78, 5) is 17.2. The normalized spacial score (nSPS) is 12.9. The standard InChI is InChI=1S/C21H20N2O3S/c1-11(23(2)3)12-4-6-13(7-5-12)17-15(24)10-16(25)19-18(17)14-8-9-27-20(14)21(26)22-19/h4-11,24-25H,1-3H3,(H,22,26)/t11-/m1/s1. The third-order valence-electron chi connectivity index (χ3n) is 5.12. The summed E-state index contributed by atoms with van der Waals surface area (Å²) in [5, 5.41) is 24.1. The molecule has 0 unspecified atom stereocenters. The van der Waals surface area contributed by atoms with Crippen LogP contribution < -0.4 is 5.56 Å². The molecule has 6 heteroatoms. The topological polar surface area (TPSA) is 76.6 Å². The lowest BCUT2D eigenvalue weighted by Crippen LogP contribution is -2.16. The lowest BCUT2D eigenvalue weighted by molar-refractivity contribution is 0.321. The summed E-state index contributed by atoms with van der Waals surface area (Å²) in [6.07, 6.45) is 0. The van der Waals surface area contributed by atoms with Gasteiger partial charge in [0.05, 0.1) is 5.52 Å². The van der Waals surface area contributed by atoms with Crippen LogP contribution in [0.15, 0.2) is 46.6 Å². The van der Waals surface area contributed by atoms with Crippen molar-refractivity contribution >= 4 is 32.3 Å². The van der Waals surface area contributed by atoms with Gasteiger partial charge in [-0.05, 0) is 43.6 Å². The van der Waals surface area contributed by atoms with Crippen LogP contribution in [0.1, 0.15) is 18.5 Å². The fraction of sp³-hybridized carbons (Fsp3) is 0.190. The summed E-state index contributed by atoms with van der Waals surface area (Å²) in [5.41, 5.74) is 2.69. The molecular formula is C21H20N2O3S. The number of H-pyrrole nitrogens is 1. The van der Waals surface area contributed by atoms with Crippen LogP contribution in [0.25, 0.3) is 32.1 Å². The summed E-state index contributed by atoms with van der Waals surface area (Å²) >= 11 is 1.34. The molecule has 27 heavy (non-hydrogen) atoms. The Labute approximate surface area is 160 Å². The predicted octanol–water partition coefficient (Wildman–Crippen LogP) is 4.44. The molecule has 0 aliphatic rings. The van der Waals surface area contributed by atoms with E-state index in [1.807, 2.05) is 49.8 Å². The lowest BCUT2D eigenvalue weighted by atomic mass is 9.95. The van der Waals surface area contributed by atoms with Gasteiger partial charge >= 0.3 is 0 Å². The summed E-state index contributed by atoms with van der Waals surface area (Å²) in [6, 6.07) is 11.4. The highest BCUT2D eigenvalue weighted by Gasteiger charge is 2.19. The highest BCUT2D eigenvalue weighted by molar-refractivity contribution is 7.17. The van der Waals surface area contributed by atoms with E-state index in [2.05, 4.69) is 16.8 Å². The Morgan fingerprint density at radius 3 is 2.44 bits per heavy atom. The van der Waals surface area contributed by atoms with E-state index in [1.165, 1.54) is 23.0 Å². The summed E-state index contributed by atoms with van der Waals surface area (Å²) in [5.74, 6) is -0.165. The van der Waals surface area contributed by atoms with E-state index in [4.69, 9.17) is 0 Å². The fourth-order valence-corrected chi connectivity index (χ4v) is 4.22. The van der Waals surface area contributed by atoms with Gasteiger partial charge in [-0.2, -0.15) is 0 Å². The molecule has 138 valence electrons. The van der Waals surface area contributed by atoms with Gasteiger partial charge in [0.1, 0.15) is 16.2 Å². The molecule has 0 saturated carbocycles. The average molecular weight is 380 g/mol. The van der Waals surface area contributed by atoms with Gasteiger partial charge in [0, 0.05) is 28.4 Å². The zero-order chi connectivity index (χ0) is 19.3. The summed E-state index contributed by atoms with van der Waals surface area (Å²) in [6.45, 7) is 2.13. The summed E-state index contributed by atoms with van der Waals surface area (Å²) in [7, 11) is 4.06. The Morgan fingerprint density at radius 1 is 1.07 bits per heavy atom. The zero-order valence-electron chi connectivity index (χ0n) is 15.3. The number of phenols is 2. The third-order valence-corrected chi connectivity index (χ3v) is 6.03. The second-order valence-electron chi connectivity index (χ2n) is 6.92. The second-order valence-corrected chi connectivity index (χ2v) is 7.84. The molecule has 5 nitrogen and oxygen atoms in total. The number of nitrogens with one attached hydrogen (secondary N) is 1. The molecule has 1 atom stereocenters. The van der Waals surface area contributed by atoms with Crippen LogP contribution >= 0.6 is 11.3 Å². The molecule has 0 spiro atoms. The average Bonchev–Trinajstić information content (AvgIpc) is 3.13. The quantitative estimate of drug-likeness (QED) is 0.491. The van der Waals surface area contributed by atoms with E-state index >= 15 is 0 Å². The predicted molar refractivity (Wildman–Crippen MR) is 111 cm³/mol. The number of fused-ring (bicyclic) bond motifs is 3. The number of aromatic amines is 1. The van der Waals surface area contributed by atoms with E-state index < -0.39 is 0 Å². The zero-order valence-corrected chi connectivity index (χ0v) is 16.1. The molecule has 4 aromatic rings. The molecule has 0 aliphatic carbocycles. The number of rotatable bonds is 3. The molecule has 0 saturated heterocycles. The van der Waals surface area contributed by atoms with Crippen LogP contribution in [-0.4, -0.2) is 34.2 Å². The Morgan fingerprint density at radius 2 is 1.78 bits per heavy atom. The minimum atomic E-state index is -0.241. The largest absolute Gasteiger partial charge is 0.507 e. The van der Waals surface area contributed by atoms with Crippen molar-refractivity contribution in [2.75, 3.05) is 14.1 Å². The molecule has 0 aliphatic heterocycles. The number of hydrogen-bond donors (Lipinski definition) is 3. The van der Waals surface area contributed by atoms with E-state index in [0.717, 1.165) is 10.9 Å². The van der Waals surface area contributed by atoms with Crippen LogP contribution in [0, 0.1) is 0 Å². The van der Waals surface area contributed by atoms with Crippen molar-refractivity contribution in [2.24, 2.45) is 0 Å². The van der Waals surface area contributed by atoms with Crippen LogP contribution in [0.3, 0.4) is 0 Å². The van der Waals surface area contributed by atoms with Crippen LogP contribution in [0.2, 0.25) is 0 Å². The fourth-order valence-electron chi connectivity index (χ4n) is 3.42. The molecule has 0 fully saturated rings. The van der Waals surface area contributed by atoms with Gasteiger partial charge in [-0.3, -0.25) is 4.79 Å². The van der Waals surface area contributed by atoms with Crippen molar-refractivity contribution in [2.45, 2.75) is 13.0 Å². The molecular weight excluding hydrogens is 360 g/mol. The smallest absolute Gasteiger partial charge is 0.266 e. The first-order chi connectivity index (χ1) is 12.9. The number of aromatic nitrogens is 1. The molecule has 0 radical (unpaired) electrons. The number of hydrogen-bond acceptors (Lipinski definition) is 5. The molecule has 0 amide bonds. The SMILES string of the molecule is C[C@H](c1ccc(-c2c(O)cc(O)c3[nH]c(=O)c4sccc4c23)cc1)N(C)C. The maximum absolute atomic E-state index is 12.3. The van der Waals surface area contributed by atoms with Crippen molar-refractivity contribution in [3.05, 3.63) is 57.7 Å². The molecule has 3 N–H and O–H groups in total. The van der Waals surface area contributed by atoms with Gasteiger partial charge in [0.15, 0.2) is 0 Å². The number of thiophene rings is 1. The van der Waals surface area contributed by atoms with Gasteiger partial charge in [0.2, 0.25) is 0 Å². The molecule has 2 aromatic carbocycles. The number of pyridine rings is 1. The minimum absolute atomic E-state index is 0.0204. The van der Waals surface area contributed by atoms with Crippen molar-refractivity contribution in [3.63, 3.8) is 0 Å². The lowest BCUT2D eigenvalue weighted by Gasteiger charge is -2.20. The minimum Gasteiger partial charge on any atom is -0.507 e. The number of aromatic hydroxyl groups is 2. The number of phenolic OH excluding ortho intramolecular Hbond substituents is 2. The molecule has 4 rings (SSSR count). The Hall–Kier alpha value is -2.83. The van der Waals surface area contributed by atoms with Crippen molar-refractivity contribution in [1.82, 2.24) is 9.88 Å². The first kappa shape index (κ1) is 17.6. The number of nitrogens with zero attached hydrogens (tertiary/aromatic N) is 1. The van der Waals surface area contributed by atoms with Gasteiger partial charge in [-0.1, -0.05) is 24.3 Å². The first-order valence-electron chi connectivity index (χ1n) is 8.63. The van der Waals surface area contributed by atoms with E-state index in [1.54, 1.807) is 0 Å². The highest BCUT2D eigenvalue weighted by atomic mass is 32.1. The van der Waals surface area contributed by atoms with Crippen molar-refractivity contribution in [1.29, 1.82) is 0 Å². The van der Waals surface area contributed by atoms with Crippen LogP contribution in [0.4, 0.5) is 0 Å². The maximum Gasteiger partial charge on any atom is 0.266 e. The Bertz CT molecular complexity index is 1210. The molecule has 0 bridgehead atoms. The first-order valence-corrected chi connectivity index (χ1v) is 9.51. The Balaban J connectivity index is 2.02. The maximum atomic E-state index is 12.3. The summed E-state index contributed by atoms with van der Waals surface area (Å²) < 4.78 is 0.576. The monoisotopic (exact) mass is 380 g/mol. The number of benzene rings is 2. The van der Waals surface area contributed by atoms with Gasteiger partial charge in [-0.15, -0.1) is 11.3 Å². The van der Waals surface area contributed by atoms with Crippen molar-refractivity contribution in [3.8, 4) is 22.6 Å².